The van der Waals surface area contributed by atoms with Gasteiger partial charge in [-0.3, -0.25) is 0 Å². The SMILES string of the molecule is CC1CN(c2ccc(I)cc2)CCCN1. The van der Waals surface area contributed by atoms with Crippen LogP contribution in [0.3, 0.4) is 0 Å². The first kappa shape index (κ1) is 11.2. The van der Waals surface area contributed by atoms with Crippen LogP contribution in [0.1, 0.15) is 13.3 Å². The van der Waals surface area contributed by atoms with Crippen LogP contribution in [0, 0.1) is 3.57 Å². The van der Waals surface area contributed by atoms with Crippen molar-refractivity contribution in [1.82, 2.24) is 5.32 Å². The normalized spacial score (nSPS) is 22.5. The van der Waals surface area contributed by atoms with Crippen LogP contribution in [-0.2, 0) is 0 Å². The molecule has 0 amide bonds. The zero-order valence-electron chi connectivity index (χ0n) is 9.04. The molecule has 0 aliphatic carbocycles. The third-order valence-electron chi connectivity index (χ3n) is 2.78. The molecule has 3 heteroatoms. The zero-order valence-corrected chi connectivity index (χ0v) is 11.2. The monoisotopic (exact) mass is 316 g/mol. The lowest BCUT2D eigenvalue weighted by Gasteiger charge is -2.24. The van der Waals surface area contributed by atoms with E-state index in [1.54, 1.807) is 0 Å². The highest BCUT2D eigenvalue weighted by Gasteiger charge is 2.13. The van der Waals surface area contributed by atoms with E-state index in [1.165, 1.54) is 15.7 Å². The Morgan fingerprint density at radius 3 is 2.80 bits per heavy atom. The molecule has 0 saturated carbocycles. The largest absolute Gasteiger partial charge is 0.370 e. The van der Waals surface area contributed by atoms with E-state index in [1.807, 2.05) is 0 Å². The molecule has 82 valence electrons. The van der Waals surface area contributed by atoms with Gasteiger partial charge in [0.05, 0.1) is 0 Å². The van der Waals surface area contributed by atoms with Crippen molar-refractivity contribution in [2.24, 2.45) is 0 Å². The van der Waals surface area contributed by atoms with Crippen LogP contribution in [0.2, 0.25) is 0 Å². The second-order valence-electron chi connectivity index (χ2n) is 4.13. The molecular weight excluding hydrogens is 299 g/mol. The number of halogens is 1. The molecular formula is C12H17IN2. The molecule has 1 fully saturated rings. The number of rotatable bonds is 1. The van der Waals surface area contributed by atoms with Crippen molar-refractivity contribution in [3.8, 4) is 0 Å². The summed E-state index contributed by atoms with van der Waals surface area (Å²) in [4.78, 5) is 2.47. The number of benzene rings is 1. The molecule has 15 heavy (non-hydrogen) atoms. The minimum Gasteiger partial charge on any atom is -0.370 e. The molecule has 2 rings (SSSR count). The van der Waals surface area contributed by atoms with Crippen molar-refractivity contribution in [3.05, 3.63) is 27.8 Å². The molecule has 0 aromatic heterocycles. The Kier molecular flexibility index (Phi) is 3.86. The van der Waals surface area contributed by atoms with Gasteiger partial charge in [0.2, 0.25) is 0 Å². The molecule has 0 radical (unpaired) electrons. The van der Waals surface area contributed by atoms with E-state index < -0.39 is 0 Å². The highest BCUT2D eigenvalue weighted by molar-refractivity contribution is 14.1. The second kappa shape index (κ2) is 5.16. The first-order valence-corrected chi connectivity index (χ1v) is 6.57. The second-order valence-corrected chi connectivity index (χ2v) is 5.38. The minimum absolute atomic E-state index is 0.590. The molecule has 1 atom stereocenters. The van der Waals surface area contributed by atoms with Gasteiger partial charge in [-0.1, -0.05) is 0 Å². The van der Waals surface area contributed by atoms with Gasteiger partial charge in [0, 0.05) is 28.4 Å². The highest BCUT2D eigenvalue weighted by atomic mass is 127. The lowest BCUT2D eigenvalue weighted by atomic mass is 10.2. The summed E-state index contributed by atoms with van der Waals surface area (Å²) in [6.07, 6.45) is 1.23. The van der Waals surface area contributed by atoms with Gasteiger partial charge in [0.1, 0.15) is 0 Å². The maximum atomic E-state index is 3.51. The molecule has 1 N–H and O–H groups in total. The van der Waals surface area contributed by atoms with Gasteiger partial charge >= 0.3 is 0 Å². The first-order valence-electron chi connectivity index (χ1n) is 5.49. The Hall–Kier alpha value is -0.290. The average molecular weight is 316 g/mol. The third kappa shape index (κ3) is 3.08. The van der Waals surface area contributed by atoms with Crippen molar-refractivity contribution < 1.29 is 0 Å². The first-order chi connectivity index (χ1) is 7.25. The molecule has 0 spiro atoms. The maximum absolute atomic E-state index is 3.51. The van der Waals surface area contributed by atoms with Crippen LogP contribution in [0.25, 0.3) is 0 Å². The predicted octanol–water partition coefficient (Wildman–Crippen LogP) is 2.48. The molecule has 0 bridgehead atoms. The van der Waals surface area contributed by atoms with Crippen LogP contribution >= 0.6 is 22.6 Å². The third-order valence-corrected chi connectivity index (χ3v) is 3.50. The molecule has 1 aromatic rings. The number of hydrogen-bond acceptors (Lipinski definition) is 2. The standard InChI is InChI=1S/C12H17IN2/c1-10-9-15(8-2-7-14-10)12-5-3-11(13)4-6-12/h3-6,10,14H,2,7-9H2,1H3. The summed E-state index contributed by atoms with van der Waals surface area (Å²) >= 11 is 2.35. The van der Waals surface area contributed by atoms with Crippen LogP contribution in [-0.4, -0.2) is 25.7 Å². The van der Waals surface area contributed by atoms with Crippen molar-refractivity contribution in [2.45, 2.75) is 19.4 Å². The number of hydrogen-bond donors (Lipinski definition) is 1. The van der Waals surface area contributed by atoms with E-state index >= 15 is 0 Å². The van der Waals surface area contributed by atoms with Crippen LogP contribution in [0.4, 0.5) is 5.69 Å². The van der Waals surface area contributed by atoms with Gasteiger partial charge in [-0.05, 0) is 66.7 Å². The van der Waals surface area contributed by atoms with Gasteiger partial charge in [-0.15, -0.1) is 0 Å². The molecule has 1 saturated heterocycles. The Bertz CT molecular complexity index is 310. The van der Waals surface area contributed by atoms with Crippen LogP contribution in [0.5, 0.6) is 0 Å². The fraction of sp³-hybridized carbons (Fsp3) is 0.500. The highest BCUT2D eigenvalue weighted by Crippen LogP contribution is 2.17. The number of nitrogens with one attached hydrogen (secondary N) is 1. The Balaban J connectivity index is 2.11. The number of nitrogens with zero attached hydrogens (tertiary/aromatic N) is 1. The predicted molar refractivity (Wildman–Crippen MR) is 73.5 cm³/mol. The van der Waals surface area contributed by atoms with Gasteiger partial charge in [-0.25, -0.2) is 0 Å². The topological polar surface area (TPSA) is 15.3 Å². The van der Waals surface area contributed by atoms with Gasteiger partial charge in [0.25, 0.3) is 0 Å². The van der Waals surface area contributed by atoms with Crippen LogP contribution < -0.4 is 10.2 Å². The van der Waals surface area contributed by atoms with Crippen molar-refractivity contribution in [1.29, 1.82) is 0 Å². The van der Waals surface area contributed by atoms with Crippen molar-refractivity contribution in [3.63, 3.8) is 0 Å². The smallest absolute Gasteiger partial charge is 0.0367 e. The average Bonchev–Trinajstić information content (AvgIpc) is 2.44. The Morgan fingerprint density at radius 2 is 2.07 bits per heavy atom. The Morgan fingerprint density at radius 1 is 1.33 bits per heavy atom. The molecule has 1 aliphatic rings. The fourth-order valence-electron chi connectivity index (χ4n) is 1.99. The summed E-state index contributed by atoms with van der Waals surface area (Å²) in [6, 6.07) is 9.39. The van der Waals surface area contributed by atoms with Crippen molar-refractivity contribution in [2.75, 3.05) is 24.5 Å². The molecule has 1 aliphatic heterocycles. The summed E-state index contributed by atoms with van der Waals surface area (Å²) < 4.78 is 1.30. The van der Waals surface area contributed by atoms with Gasteiger partial charge in [-0.2, -0.15) is 0 Å². The molecule has 1 unspecified atom stereocenters. The van der Waals surface area contributed by atoms with Gasteiger partial charge < -0.3 is 10.2 Å². The van der Waals surface area contributed by atoms with E-state index in [2.05, 4.69) is 64.0 Å². The summed E-state index contributed by atoms with van der Waals surface area (Å²) in [5, 5.41) is 3.51. The molecule has 1 aromatic carbocycles. The summed E-state index contributed by atoms with van der Waals surface area (Å²) in [7, 11) is 0. The summed E-state index contributed by atoms with van der Waals surface area (Å²) in [6.45, 7) is 5.67. The quantitative estimate of drug-likeness (QED) is 0.801. The van der Waals surface area contributed by atoms with E-state index in [9.17, 15) is 0 Å². The van der Waals surface area contributed by atoms with E-state index in [0.717, 1.165) is 19.6 Å². The summed E-state index contributed by atoms with van der Waals surface area (Å²) in [5.41, 5.74) is 1.35. The molecule has 1 heterocycles. The van der Waals surface area contributed by atoms with Crippen molar-refractivity contribution >= 4 is 28.3 Å². The summed E-state index contributed by atoms with van der Waals surface area (Å²) in [5.74, 6) is 0. The fourth-order valence-corrected chi connectivity index (χ4v) is 2.35. The lowest BCUT2D eigenvalue weighted by molar-refractivity contribution is 0.585. The molecule has 2 nitrogen and oxygen atoms in total. The minimum atomic E-state index is 0.590. The number of anilines is 1. The maximum Gasteiger partial charge on any atom is 0.0367 e. The van der Waals surface area contributed by atoms with E-state index in [-0.39, 0.29) is 0 Å². The van der Waals surface area contributed by atoms with E-state index in [0.29, 0.717) is 6.04 Å². The zero-order chi connectivity index (χ0) is 10.7. The van der Waals surface area contributed by atoms with E-state index in [4.69, 9.17) is 0 Å². The van der Waals surface area contributed by atoms with Crippen LogP contribution in [0.15, 0.2) is 24.3 Å². The van der Waals surface area contributed by atoms with Gasteiger partial charge in [0.15, 0.2) is 0 Å². The lowest BCUT2D eigenvalue weighted by Crippen LogP contribution is -2.35. The Labute approximate surface area is 105 Å².